The number of hydrogen-bond donors (Lipinski definition) is 1. The summed E-state index contributed by atoms with van der Waals surface area (Å²) in [7, 11) is 0. The standard InChI is InChI=1S/C14H19N3S/c1-10(18-3)8-9-15-14-11(2)16-12-6-4-5-7-13(12)17-14/h4-7,10H,8-9H2,1-3H3,(H,15,17). The minimum Gasteiger partial charge on any atom is -0.369 e. The van der Waals surface area contributed by atoms with Crippen molar-refractivity contribution in [3.05, 3.63) is 30.0 Å². The second kappa shape index (κ2) is 6.05. The van der Waals surface area contributed by atoms with Crippen LogP contribution in [0.2, 0.25) is 0 Å². The second-order valence-corrected chi connectivity index (χ2v) is 5.68. The van der Waals surface area contributed by atoms with Gasteiger partial charge in [-0.1, -0.05) is 19.1 Å². The van der Waals surface area contributed by atoms with Gasteiger partial charge in [-0.3, -0.25) is 0 Å². The molecule has 0 aliphatic rings. The van der Waals surface area contributed by atoms with Crippen molar-refractivity contribution in [3.8, 4) is 0 Å². The highest BCUT2D eigenvalue weighted by Gasteiger charge is 2.05. The van der Waals surface area contributed by atoms with E-state index in [1.807, 2.05) is 43.0 Å². The summed E-state index contributed by atoms with van der Waals surface area (Å²) in [5, 5.41) is 4.06. The maximum atomic E-state index is 4.62. The van der Waals surface area contributed by atoms with Crippen molar-refractivity contribution >= 4 is 28.6 Å². The van der Waals surface area contributed by atoms with Crippen molar-refractivity contribution in [1.82, 2.24) is 9.97 Å². The van der Waals surface area contributed by atoms with Gasteiger partial charge in [-0.15, -0.1) is 0 Å². The van der Waals surface area contributed by atoms with Crippen LogP contribution >= 0.6 is 11.8 Å². The summed E-state index contributed by atoms with van der Waals surface area (Å²) >= 11 is 1.89. The van der Waals surface area contributed by atoms with E-state index < -0.39 is 0 Å². The topological polar surface area (TPSA) is 37.8 Å². The van der Waals surface area contributed by atoms with Crippen LogP contribution in [0.4, 0.5) is 5.82 Å². The SMILES string of the molecule is CSC(C)CCNc1nc2ccccc2nc1C. The zero-order valence-corrected chi connectivity index (χ0v) is 11.9. The first kappa shape index (κ1) is 13.1. The van der Waals surface area contributed by atoms with Crippen LogP contribution in [-0.2, 0) is 0 Å². The van der Waals surface area contributed by atoms with Gasteiger partial charge in [0.2, 0.25) is 0 Å². The number of para-hydroxylation sites is 2. The molecule has 0 bridgehead atoms. The van der Waals surface area contributed by atoms with Crippen molar-refractivity contribution in [2.24, 2.45) is 0 Å². The zero-order chi connectivity index (χ0) is 13.0. The van der Waals surface area contributed by atoms with Gasteiger partial charge in [0, 0.05) is 11.8 Å². The Morgan fingerprint density at radius 2 is 1.89 bits per heavy atom. The Hall–Kier alpha value is -1.29. The van der Waals surface area contributed by atoms with Crippen LogP contribution in [0.1, 0.15) is 19.0 Å². The third-order valence-electron chi connectivity index (χ3n) is 2.99. The number of anilines is 1. The maximum Gasteiger partial charge on any atom is 0.148 e. The normalized spacial score (nSPS) is 12.6. The molecule has 1 aromatic carbocycles. The molecule has 0 aliphatic carbocycles. The van der Waals surface area contributed by atoms with Crippen LogP contribution in [0.15, 0.2) is 24.3 Å². The summed E-state index contributed by atoms with van der Waals surface area (Å²) in [5.74, 6) is 0.905. The highest BCUT2D eigenvalue weighted by Crippen LogP contribution is 2.16. The molecule has 4 heteroatoms. The Labute approximate surface area is 112 Å². The van der Waals surface area contributed by atoms with E-state index >= 15 is 0 Å². The highest BCUT2D eigenvalue weighted by atomic mass is 32.2. The Balaban J connectivity index is 2.10. The van der Waals surface area contributed by atoms with E-state index in [-0.39, 0.29) is 0 Å². The summed E-state index contributed by atoms with van der Waals surface area (Å²) in [4.78, 5) is 9.18. The first-order valence-electron chi connectivity index (χ1n) is 6.20. The third kappa shape index (κ3) is 3.13. The molecule has 0 saturated heterocycles. The van der Waals surface area contributed by atoms with Crippen LogP contribution in [0, 0.1) is 6.92 Å². The molecule has 0 radical (unpaired) electrons. The maximum absolute atomic E-state index is 4.62. The summed E-state index contributed by atoms with van der Waals surface area (Å²) in [6.45, 7) is 5.18. The third-order valence-corrected chi connectivity index (χ3v) is 4.03. The monoisotopic (exact) mass is 261 g/mol. The van der Waals surface area contributed by atoms with Crippen LogP contribution in [0.25, 0.3) is 11.0 Å². The molecule has 1 aromatic heterocycles. The molecule has 0 fully saturated rings. The van der Waals surface area contributed by atoms with Gasteiger partial charge in [0.25, 0.3) is 0 Å². The van der Waals surface area contributed by atoms with Gasteiger partial charge >= 0.3 is 0 Å². The molecule has 0 amide bonds. The Bertz CT molecular complexity index is 527. The number of aryl methyl sites for hydroxylation is 1. The first-order chi connectivity index (χ1) is 8.70. The summed E-state index contributed by atoms with van der Waals surface area (Å²) in [6, 6.07) is 7.97. The molecule has 2 aromatic rings. The lowest BCUT2D eigenvalue weighted by Crippen LogP contribution is -2.10. The summed E-state index contributed by atoms with van der Waals surface area (Å²) in [6.07, 6.45) is 3.28. The Morgan fingerprint density at radius 1 is 1.22 bits per heavy atom. The molecular formula is C14H19N3S. The van der Waals surface area contributed by atoms with Crippen molar-refractivity contribution < 1.29 is 0 Å². The minimum absolute atomic E-state index is 0.672. The first-order valence-corrected chi connectivity index (χ1v) is 7.49. The molecule has 1 unspecified atom stereocenters. The Morgan fingerprint density at radius 3 is 2.56 bits per heavy atom. The van der Waals surface area contributed by atoms with Crippen molar-refractivity contribution in [3.63, 3.8) is 0 Å². The lowest BCUT2D eigenvalue weighted by Gasteiger charge is -2.11. The van der Waals surface area contributed by atoms with Crippen molar-refractivity contribution in [2.45, 2.75) is 25.5 Å². The number of thioether (sulfide) groups is 1. The van der Waals surface area contributed by atoms with Gasteiger partial charge in [0.15, 0.2) is 0 Å². The zero-order valence-electron chi connectivity index (χ0n) is 11.1. The summed E-state index contributed by atoms with van der Waals surface area (Å²) < 4.78 is 0. The van der Waals surface area contributed by atoms with E-state index in [1.54, 1.807) is 0 Å². The number of hydrogen-bond acceptors (Lipinski definition) is 4. The van der Waals surface area contributed by atoms with E-state index in [0.717, 1.165) is 35.5 Å². The van der Waals surface area contributed by atoms with Crippen LogP contribution in [0.5, 0.6) is 0 Å². The number of nitrogens with zero attached hydrogens (tertiary/aromatic N) is 2. The van der Waals surface area contributed by atoms with Crippen molar-refractivity contribution in [1.29, 1.82) is 0 Å². The molecule has 0 saturated carbocycles. The van der Waals surface area contributed by atoms with E-state index in [2.05, 4.69) is 28.5 Å². The molecular weight excluding hydrogens is 242 g/mol. The van der Waals surface area contributed by atoms with E-state index in [1.165, 1.54) is 0 Å². The molecule has 1 heterocycles. The quantitative estimate of drug-likeness (QED) is 0.894. The summed E-state index contributed by atoms with van der Waals surface area (Å²) in [5.41, 5.74) is 2.87. The molecule has 3 nitrogen and oxygen atoms in total. The van der Waals surface area contributed by atoms with Gasteiger partial charge < -0.3 is 5.32 Å². The molecule has 0 aliphatic heterocycles. The minimum atomic E-state index is 0.672. The van der Waals surface area contributed by atoms with Gasteiger partial charge in [-0.2, -0.15) is 11.8 Å². The molecule has 1 N–H and O–H groups in total. The number of fused-ring (bicyclic) bond motifs is 1. The number of nitrogens with one attached hydrogen (secondary N) is 1. The second-order valence-electron chi connectivity index (χ2n) is 4.41. The van der Waals surface area contributed by atoms with Gasteiger partial charge in [-0.25, -0.2) is 9.97 Å². The lowest BCUT2D eigenvalue weighted by atomic mass is 10.3. The molecule has 2 rings (SSSR count). The van der Waals surface area contributed by atoms with Gasteiger partial charge in [0.05, 0.1) is 16.7 Å². The fraction of sp³-hybridized carbons (Fsp3) is 0.429. The van der Waals surface area contributed by atoms with E-state index in [4.69, 9.17) is 0 Å². The van der Waals surface area contributed by atoms with Crippen LogP contribution in [-0.4, -0.2) is 28.0 Å². The molecule has 96 valence electrons. The van der Waals surface area contributed by atoms with Gasteiger partial charge in [0.1, 0.15) is 5.82 Å². The fourth-order valence-electron chi connectivity index (χ4n) is 1.77. The average molecular weight is 261 g/mol. The van der Waals surface area contributed by atoms with Crippen LogP contribution < -0.4 is 5.32 Å². The number of rotatable bonds is 5. The number of benzene rings is 1. The smallest absolute Gasteiger partial charge is 0.148 e. The number of aromatic nitrogens is 2. The largest absolute Gasteiger partial charge is 0.369 e. The predicted octanol–water partition coefficient (Wildman–Crippen LogP) is 3.49. The van der Waals surface area contributed by atoms with Gasteiger partial charge in [-0.05, 0) is 31.7 Å². The molecule has 18 heavy (non-hydrogen) atoms. The van der Waals surface area contributed by atoms with Crippen LogP contribution in [0.3, 0.4) is 0 Å². The fourth-order valence-corrected chi connectivity index (χ4v) is 2.12. The van der Waals surface area contributed by atoms with Crippen molar-refractivity contribution in [2.75, 3.05) is 18.1 Å². The predicted molar refractivity (Wildman–Crippen MR) is 80.4 cm³/mol. The lowest BCUT2D eigenvalue weighted by molar-refractivity contribution is 0.848. The highest BCUT2D eigenvalue weighted by molar-refractivity contribution is 7.99. The molecule has 0 spiro atoms. The van der Waals surface area contributed by atoms with E-state index in [9.17, 15) is 0 Å². The Kier molecular flexibility index (Phi) is 4.42. The van der Waals surface area contributed by atoms with E-state index in [0.29, 0.717) is 5.25 Å². The molecule has 1 atom stereocenters. The average Bonchev–Trinajstić information content (AvgIpc) is 2.39.